The molecule has 0 N–H and O–H groups in total. The monoisotopic (exact) mass is 353 g/mol. The molecule has 0 bridgehead atoms. The van der Waals surface area contributed by atoms with E-state index in [0.29, 0.717) is 18.7 Å². The van der Waals surface area contributed by atoms with Crippen molar-refractivity contribution in [3.8, 4) is 17.1 Å². The minimum absolute atomic E-state index is 0.304. The summed E-state index contributed by atoms with van der Waals surface area (Å²) in [5.74, 6) is 0.299. The Hall–Kier alpha value is -3.16. The van der Waals surface area contributed by atoms with Gasteiger partial charge in [0.25, 0.3) is 0 Å². The number of carbonyl (C=O) groups is 1. The van der Waals surface area contributed by atoms with Gasteiger partial charge in [0.1, 0.15) is 12.1 Å². The molecule has 0 saturated carbocycles. The van der Waals surface area contributed by atoms with Crippen molar-refractivity contribution in [1.29, 1.82) is 0 Å². The van der Waals surface area contributed by atoms with Gasteiger partial charge >= 0.3 is 5.97 Å². The first-order chi connectivity index (χ1) is 12.7. The number of ether oxygens (including phenoxy) is 2. The molecule has 0 fully saturated rings. The molecular weight excluding hydrogens is 334 g/mol. The molecule has 0 unspecified atom stereocenters. The van der Waals surface area contributed by atoms with E-state index in [4.69, 9.17) is 9.47 Å². The first-order valence-corrected chi connectivity index (χ1v) is 8.53. The second-order valence-electron chi connectivity index (χ2n) is 5.91. The van der Waals surface area contributed by atoms with Gasteiger partial charge in [-0.25, -0.2) is 14.5 Å². The molecule has 3 aromatic rings. The van der Waals surface area contributed by atoms with E-state index in [1.165, 1.54) is 0 Å². The van der Waals surface area contributed by atoms with E-state index in [0.717, 1.165) is 40.6 Å². The SMILES string of the molecule is CCOC(=O)c1ncn2c1Cc1c(CC)nnn1-c1cc(OC)ccc1-2. The van der Waals surface area contributed by atoms with Crippen molar-refractivity contribution in [2.45, 2.75) is 26.7 Å². The van der Waals surface area contributed by atoms with E-state index in [1.54, 1.807) is 20.4 Å². The quantitative estimate of drug-likeness (QED) is 0.523. The van der Waals surface area contributed by atoms with Crippen LogP contribution in [0.15, 0.2) is 24.5 Å². The molecule has 0 radical (unpaired) electrons. The maximum atomic E-state index is 12.4. The highest BCUT2D eigenvalue weighted by molar-refractivity contribution is 5.89. The Labute approximate surface area is 150 Å². The fourth-order valence-corrected chi connectivity index (χ4v) is 3.26. The zero-order valence-corrected chi connectivity index (χ0v) is 14.9. The van der Waals surface area contributed by atoms with Crippen LogP contribution in [0.25, 0.3) is 11.4 Å². The molecule has 1 aliphatic rings. The Morgan fingerprint density at radius 1 is 1.23 bits per heavy atom. The van der Waals surface area contributed by atoms with Crippen LogP contribution in [0.2, 0.25) is 0 Å². The summed E-state index contributed by atoms with van der Waals surface area (Å²) in [5, 5.41) is 8.65. The first kappa shape index (κ1) is 16.3. The van der Waals surface area contributed by atoms with Crippen LogP contribution in [-0.4, -0.2) is 44.2 Å². The average molecular weight is 353 g/mol. The maximum Gasteiger partial charge on any atom is 0.358 e. The van der Waals surface area contributed by atoms with Crippen LogP contribution in [0.1, 0.15) is 41.4 Å². The molecule has 1 aromatic carbocycles. The zero-order valence-electron chi connectivity index (χ0n) is 14.9. The smallest absolute Gasteiger partial charge is 0.358 e. The fraction of sp³-hybridized carbons (Fsp3) is 0.333. The van der Waals surface area contributed by atoms with E-state index >= 15 is 0 Å². The van der Waals surface area contributed by atoms with Crippen molar-refractivity contribution in [2.24, 2.45) is 0 Å². The van der Waals surface area contributed by atoms with Gasteiger partial charge in [-0.3, -0.25) is 4.57 Å². The van der Waals surface area contributed by atoms with Crippen molar-refractivity contribution >= 4 is 5.97 Å². The number of imidazole rings is 1. The minimum atomic E-state index is -0.421. The van der Waals surface area contributed by atoms with Crippen LogP contribution in [0.5, 0.6) is 5.75 Å². The molecule has 2 aromatic heterocycles. The predicted octanol–water partition coefficient (Wildman–Crippen LogP) is 2.10. The van der Waals surface area contributed by atoms with Gasteiger partial charge < -0.3 is 9.47 Å². The van der Waals surface area contributed by atoms with Crippen LogP contribution in [0.3, 0.4) is 0 Å². The summed E-state index contributed by atoms with van der Waals surface area (Å²) in [6, 6.07) is 5.71. The van der Waals surface area contributed by atoms with Crippen molar-refractivity contribution < 1.29 is 14.3 Å². The van der Waals surface area contributed by atoms with Gasteiger partial charge in [-0.1, -0.05) is 12.1 Å². The molecule has 1 aliphatic heterocycles. The molecular formula is C18H19N5O3. The van der Waals surface area contributed by atoms with Crippen molar-refractivity contribution in [3.05, 3.63) is 47.3 Å². The number of aryl methyl sites for hydroxylation is 1. The van der Waals surface area contributed by atoms with Gasteiger partial charge in [0.05, 0.1) is 42.2 Å². The number of benzene rings is 1. The van der Waals surface area contributed by atoms with Gasteiger partial charge in [-0.05, 0) is 25.5 Å². The van der Waals surface area contributed by atoms with Crippen molar-refractivity contribution in [2.75, 3.05) is 13.7 Å². The van der Waals surface area contributed by atoms with E-state index in [9.17, 15) is 4.79 Å². The summed E-state index contributed by atoms with van der Waals surface area (Å²) in [6.07, 6.45) is 2.89. The molecule has 3 heterocycles. The second kappa shape index (κ2) is 6.29. The Balaban J connectivity index is 1.98. The van der Waals surface area contributed by atoms with Gasteiger partial charge in [0.15, 0.2) is 5.69 Å². The Bertz CT molecular complexity index is 989. The van der Waals surface area contributed by atoms with E-state index in [-0.39, 0.29) is 0 Å². The van der Waals surface area contributed by atoms with Gasteiger partial charge in [-0.15, -0.1) is 5.10 Å². The summed E-state index contributed by atoms with van der Waals surface area (Å²) >= 11 is 0. The van der Waals surface area contributed by atoms with Crippen molar-refractivity contribution in [3.63, 3.8) is 0 Å². The number of carbonyl (C=O) groups excluding carboxylic acids is 1. The first-order valence-electron chi connectivity index (χ1n) is 8.53. The number of hydrogen-bond donors (Lipinski definition) is 0. The molecule has 26 heavy (non-hydrogen) atoms. The lowest BCUT2D eigenvalue weighted by atomic mass is 10.1. The van der Waals surface area contributed by atoms with E-state index in [2.05, 4.69) is 15.3 Å². The van der Waals surface area contributed by atoms with Gasteiger partial charge in [0.2, 0.25) is 0 Å². The number of fused-ring (bicyclic) bond motifs is 5. The lowest BCUT2D eigenvalue weighted by Crippen LogP contribution is -2.10. The Kier molecular flexibility index (Phi) is 3.95. The number of nitrogens with zero attached hydrogens (tertiary/aromatic N) is 5. The predicted molar refractivity (Wildman–Crippen MR) is 93.2 cm³/mol. The largest absolute Gasteiger partial charge is 0.497 e. The standard InChI is InChI=1S/C18H19N5O3/c1-4-12-14-9-16-17(18(24)26-5-2)19-10-22(16)13-7-6-11(25-3)8-15(13)23(14)21-20-12/h6-8,10H,4-5,9H2,1-3H3. The van der Waals surface area contributed by atoms with Crippen LogP contribution >= 0.6 is 0 Å². The minimum Gasteiger partial charge on any atom is -0.497 e. The zero-order chi connectivity index (χ0) is 18.3. The molecule has 0 atom stereocenters. The van der Waals surface area contributed by atoms with Crippen LogP contribution in [-0.2, 0) is 17.6 Å². The molecule has 134 valence electrons. The number of hydrogen-bond acceptors (Lipinski definition) is 6. The summed E-state index contributed by atoms with van der Waals surface area (Å²) in [4.78, 5) is 16.7. The molecule has 0 saturated heterocycles. The molecule has 0 aliphatic carbocycles. The molecule has 4 rings (SSSR count). The third-order valence-corrected chi connectivity index (χ3v) is 4.52. The van der Waals surface area contributed by atoms with Gasteiger partial charge in [0, 0.05) is 12.5 Å². The van der Waals surface area contributed by atoms with Crippen LogP contribution in [0, 0.1) is 0 Å². The third kappa shape index (κ3) is 2.37. The Morgan fingerprint density at radius 2 is 2.08 bits per heavy atom. The summed E-state index contributed by atoms with van der Waals surface area (Å²) in [7, 11) is 1.62. The van der Waals surface area contributed by atoms with Crippen LogP contribution in [0.4, 0.5) is 0 Å². The highest BCUT2D eigenvalue weighted by Gasteiger charge is 2.28. The third-order valence-electron chi connectivity index (χ3n) is 4.52. The Morgan fingerprint density at radius 3 is 2.81 bits per heavy atom. The fourth-order valence-electron chi connectivity index (χ4n) is 3.26. The number of esters is 1. The highest BCUT2D eigenvalue weighted by atomic mass is 16.5. The molecule has 8 nitrogen and oxygen atoms in total. The normalized spacial score (nSPS) is 12.0. The number of rotatable bonds is 4. The lowest BCUT2D eigenvalue weighted by Gasteiger charge is -2.11. The van der Waals surface area contributed by atoms with Crippen LogP contribution < -0.4 is 4.74 Å². The highest BCUT2D eigenvalue weighted by Crippen LogP contribution is 2.32. The topological polar surface area (TPSA) is 84.1 Å². The van der Waals surface area contributed by atoms with E-state index < -0.39 is 5.97 Å². The summed E-state index contributed by atoms with van der Waals surface area (Å²) < 4.78 is 14.3. The average Bonchev–Trinajstić information content (AvgIpc) is 3.23. The second-order valence-corrected chi connectivity index (χ2v) is 5.91. The van der Waals surface area contributed by atoms with Gasteiger partial charge in [-0.2, -0.15) is 0 Å². The molecule has 0 amide bonds. The summed E-state index contributed by atoms with van der Waals surface area (Å²) in [6.45, 7) is 4.12. The van der Waals surface area contributed by atoms with Crippen molar-refractivity contribution in [1.82, 2.24) is 24.5 Å². The summed E-state index contributed by atoms with van der Waals surface area (Å²) in [5.41, 5.74) is 4.61. The van der Waals surface area contributed by atoms with E-state index in [1.807, 2.05) is 34.4 Å². The molecule has 8 heteroatoms. The maximum absolute atomic E-state index is 12.4. The lowest BCUT2D eigenvalue weighted by molar-refractivity contribution is 0.0519. The number of methoxy groups -OCH3 is 1. The molecule has 0 spiro atoms. The number of aromatic nitrogens is 5.